The first-order chi connectivity index (χ1) is 11.1. The summed E-state index contributed by atoms with van der Waals surface area (Å²) in [6, 6.07) is 14.7. The topological polar surface area (TPSA) is 15.8 Å². The Labute approximate surface area is 188 Å². The molecule has 1 aromatic heterocycles. The van der Waals surface area contributed by atoms with E-state index in [2.05, 4.69) is 92.7 Å². The summed E-state index contributed by atoms with van der Waals surface area (Å²) in [4.78, 5) is 3.10. The Kier molecular flexibility index (Phi) is 10.9. The minimum atomic E-state index is -0.329. The molecule has 132 valence electrons. The van der Waals surface area contributed by atoms with Gasteiger partial charge in [-0.15, -0.1) is 63.4 Å². The van der Waals surface area contributed by atoms with E-state index in [4.69, 9.17) is 0 Å². The Bertz CT molecular complexity index is 981. The van der Waals surface area contributed by atoms with Crippen LogP contribution >= 0.6 is 0 Å². The SMILES string of the molecule is C[Si](C)=C1[C-]=c2ccccc2=C1.Cc1[c-][nH]c2cccc(C)c12.[Cl-].[Cl-].[Zr+4]. The molecule has 4 rings (SSSR count). The van der Waals surface area contributed by atoms with E-state index in [1.165, 1.54) is 37.6 Å². The average Bonchev–Trinajstić information content (AvgIpc) is 3.13. The van der Waals surface area contributed by atoms with Gasteiger partial charge in [-0.05, 0) is 8.41 Å². The first kappa shape index (κ1) is 25.3. The summed E-state index contributed by atoms with van der Waals surface area (Å²) in [6.45, 7) is 8.80. The Morgan fingerprint density at radius 2 is 1.62 bits per heavy atom. The fraction of sp³-hybridized carbons (Fsp3) is 0.190. The van der Waals surface area contributed by atoms with E-state index in [0.29, 0.717) is 0 Å². The number of aromatic nitrogens is 1. The Morgan fingerprint density at radius 1 is 0.923 bits per heavy atom. The predicted molar refractivity (Wildman–Crippen MR) is 103 cm³/mol. The van der Waals surface area contributed by atoms with Gasteiger partial charge in [0.25, 0.3) is 0 Å². The molecule has 0 aliphatic heterocycles. The maximum Gasteiger partial charge on any atom is 4.00 e. The monoisotopic (exact) mass is 475 g/mol. The van der Waals surface area contributed by atoms with Crippen molar-refractivity contribution in [1.29, 1.82) is 0 Å². The van der Waals surface area contributed by atoms with Crippen LogP contribution in [0.1, 0.15) is 11.1 Å². The zero-order chi connectivity index (χ0) is 16.4. The number of fused-ring (bicyclic) bond motifs is 2. The first-order valence-corrected chi connectivity index (χ1v) is 10.4. The first-order valence-electron chi connectivity index (χ1n) is 7.90. The molecule has 0 atom stereocenters. The van der Waals surface area contributed by atoms with E-state index in [0.717, 1.165) is 0 Å². The summed E-state index contributed by atoms with van der Waals surface area (Å²) in [5.41, 5.74) is 3.71. The van der Waals surface area contributed by atoms with Crippen LogP contribution in [-0.4, -0.2) is 18.6 Å². The zero-order valence-electron chi connectivity index (χ0n) is 15.4. The van der Waals surface area contributed by atoms with Crippen molar-refractivity contribution >= 4 is 36.6 Å². The van der Waals surface area contributed by atoms with E-state index in [1.54, 1.807) is 0 Å². The molecule has 0 saturated carbocycles. The van der Waals surface area contributed by atoms with Crippen LogP contribution in [0, 0.1) is 20.0 Å². The summed E-state index contributed by atoms with van der Waals surface area (Å²) >= 11 is 0. The van der Waals surface area contributed by atoms with Crippen molar-refractivity contribution in [3.05, 3.63) is 70.2 Å². The van der Waals surface area contributed by atoms with E-state index >= 15 is 0 Å². The van der Waals surface area contributed by atoms with Crippen molar-refractivity contribution in [3.63, 3.8) is 0 Å². The number of halogens is 2. The van der Waals surface area contributed by atoms with Crippen molar-refractivity contribution in [3.8, 4) is 0 Å². The van der Waals surface area contributed by atoms with Crippen molar-refractivity contribution in [1.82, 2.24) is 4.98 Å². The van der Waals surface area contributed by atoms with Gasteiger partial charge in [0.15, 0.2) is 0 Å². The van der Waals surface area contributed by atoms with Gasteiger partial charge in [0.2, 0.25) is 0 Å². The summed E-state index contributed by atoms with van der Waals surface area (Å²) in [6.07, 6.45) is 8.80. The van der Waals surface area contributed by atoms with Crippen molar-refractivity contribution in [2.45, 2.75) is 26.9 Å². The smallest absolute Gasteiger partial charge is 1.00 e. The molecule has 1 aliphatic rings. The molecule has 3 aromatic rings. The second-order valence-electron chi connectivity index (χ2n) is 6.14. The summed E-state index contributed by atoms with van der Waals surface area (Å²) in [5.74, 6) is 0. The number of aryl methyl sites for hydroxylation is 2. The van der Waals surface area contributed by atoms with Gasteiger partial charge in [0.1, 0.15) is 0 Å². The van der Waals surface area contributed by atoms with Gasteiger partial charge in [-0.2, -0.15) is 16.9 Å². The van der Waals surface area contributed by atoms with Crippen LogP contribution in [0.3, 0.4) is 0 Å². The minimum absolute atomic E-state index is 0. The van der Waals surface area contributed by atoms with Gasteiger partial charge in [0, 0.05) is 0 Å². The van der Waals surface area contributed by atoms with Gasteiger partial charge < -0.3 is 29.8 Å². The average molecular weight is 478 g/mol. The zero-order valence-corrected chi connectivity index (χ0v) is 20.3. The molecule has 1 nitrogen and oxygen atoms in total. The van der Waals surface area contributed by atoms with Crippen LogP contribution in [0.4, 0.5) is 0 Å². The largest absolute Gasteiger partial charge is 4.00 e. The Morgan fingerprint density at radius 3 is 2.23 bits per heavy atom. The molecule has 0 fully saturated rings. The third-order valence-corrected chi connectivity index (χ3v) is 5.45. The molecule has 1 N–H and O–H groups in total. The van der Waals surface area contributed by atoms with E-state index in [9.17, 15) is 0 Å². The molecule has 1 aliphatic carbocycles. The maximum atomic E-state index is 3.44. The Balaban J connectivity index is 0.000000432. The van der Waals surface area contributed by atoms with Crippen LogP contribution in [-0.2, 0) is 26.2 Å². The number of hydrogen-bond acceptors (Lipinski definition) is 0. The fourth-order valence-corrected chi connectivity index (χ4v) is 3.66. The standard InChI is InChI=1S/C11H11Si.C10H10N.2ClH.Zr/c1-12(2)11-7-9-5-3-4-6-10(9)8-11;1-7-4-3-5-9-10(7)8(2)6-11-9;;;/h3-7H,1-2H3;3-5,11H,1-2H3;2*1H;/q2*-1;;;+4/p-2. The van der Waals surface area contributed by atoms with Crippen molar-refractivity contribution < 1.29 is 51.0 Å². The predicted octanol–water partition coefficient (Wildman–Crippen LogP) is -2.76. The van der Waals surface area contributed by atoms with Crippen LogP contribution in [0.15, 0.2) is 42.5 Å². The Hall–Kier alpha value is -0.730. The molecule has 0 unspecified atom stereocenters. The third kappa shape index (κ3) is 5.63. The van der Waals surface area contributed by atoms with Gasteiger partial charge in [-0.25, -0.2) is 0 Å². The molecule has 26 heavy (non-hydrogen) atoms. The molecule has 0 amide bonds. The van der Waals surface area contributed by atoms with Gasteiger partial charge in [-0.3, -0.25) is 0 Å². The molecule has 0 spiro atoms. The van der Waals surface area contributed by atoms with Gasteiger partial charge >= 0.3 is 26.2 Å². The maximum absolute atomic E-state index is 3.44. The second-order valence-corrected chi connectivity index (χ2v) is 8.68. The van der Waals surface area contributed by atoms with Gasteiger partial charge in [-0.1, -0.05) is 45.1 Å². The summed E-state index contributed by atoms with van der Waals surface area (Å²) in [5, 5.41) is 5.33. The fourth-order valence-electron chi connectivity index (χ4n) is 2.84. The number of H-pyrrole nitrogens is 1. The molecule has 5 heteroatoms. The summed E-state index contributed by atoms with van der Waals surface area (Å²) in [7, 11) is -0.329. The van der Waals surface area contributed by atoms with Crippen molar-refractivity contribution in [2.24, 2.45) is 0 Å². The second kappa shape index (κ2) is 11.2. The third-order valence-electron chi connectivity index (χ3n) is 4.10. The normalized spacial score (nSPS) is 10.7. The van der Waals surface area contributed by atoms with Crippen LogP contribution in [0.25, 0.3) is 23.1 Å². The number of hydrogen-bond donors (Lipinski definition) is 1. The van der Waals surface area contributed by atoms with E-state index in [1.807, 2.05) is 0 Å². The van der Waals surface area contributed by atoms with Crippen LogP contribution in [0.2, 0.25) is 13.1 Å². The molecular weight excluding hydrogens is 456 g/mol. The van der Waals surface area contributed by atoms with Crippen LogP contribution < -0.4 is 35.3 Å². The molecule has 1 heterocycles. The quantitative estimate of drug-likeness (QED) is 0.267. The van der Waals surface area contributed by atoms with Crippen molar-refractivity contribution in [2.75, 3.05) is 0 Å². The minimum Gasteiger partial charge on any atom is -1.00 e. The number of aromatic amines is 1. The molecule has 2 aromatic carbocycles. The number of benzene rings is 2. The molecule has 0 radical (unpaired) electrons. The van der Waals surface area contributed by atoms with E-state index < -0.39 is 0 Å². The number of rotatable bonds is 0. The number of nitrogens with one attached hydrogen (secondary N) is 1. The molecule has 0 saturated heterocycles. The molecular formula is C21H21Cl2NSiZr. The van der Waals surface area contributed by atoms with Crippen LogP contribution in [0.5, 0.6) is 0 Å². The molecule has 0 bridgehead atoms. The van der Waals surface area contributed by atoms with E-state index in [-0.39, 0.29) is 59.4 Å². The van der Waals surface area contributed by atoms with Gasteiger partial charge in [0.05, 0.1) is 0 Å². The summed E-state index contributed by atoms with van der Waals surface area (Å²) < 4.78 is 0.